The van der Waals surface area contributed by atoms with Crippen LogP contribution in [0.1, 0.15) is 5.56 Å². The van der Waals surface area contributed by atoms with Crippen molar-refractivity contribution in [2.75, 3.05) is 5.32 Å². The number of hydrogen-bond acceptors (Lipinski definition) is 1. The fourth-order valence-corrected chi connectivity index (χ4v) is 2.24. The first-order valence-corrected chi connectivity index (χ1v) is 7.29. The van der Waals surface area contributed by atoms with Crippen LogP contribution in [0, 0.1) is 0 Å². The largest absolute Gasteiger partial charge is 0.370 e. The van der Waals surface area contributed by atoms with E-state index in [2.05, 4.69) is 42.2 Å². The third kappa shape index (κ3) is 4.36. The normalized spacial score (nSPS) is 11.4. The molecule has 98 valence electrons. The molecule has 2 rings (SSSR count). The molecule has 0 aliphatic heterocycles. The van der Waals surface area contributed by atoms with Crippen molar-refractivity contribution in [3.05, 3.63) is 63.0 Å². The highest BCUT2D eigenvalue weighted by Crippen LogP contribution is 2.25. The van der Waals surface area contributed by atoms with E-state index in [4.69, 9.17) is 5.73 Å². The average Bonchev–Trinajstić information content (AvgIpc) is 2.42. The van der Waals surface area contributed by atoms with Crippen molar-refractivity contribution < 1.29 is 0 Å². The Hall–Kier alpha value is -1.33. The van der Waals surface area contributed by atoms with Gasteiger partial charge in [0.2, 0.25) is 0 Å². The second-order valence-electron chi connectivity index (χ2n) is 3.94. The van der Waals surface area contributed by atoms with Crippen molar-refractivity contribution in [1.82, 2.24) is 0 Å². The summed E-state index contributed by atoms with van der Waals surface area (Å²) in [5.41, 5.74) is 7.88. The first-order valence-electron chi connectivity index (χ1n) is 5.71. The van der Waals surface area contributed by atoms with Crippen LogP contribution in [0.5, 0.6) is 0 Å². The van der Waals surface area contributed by atoms with Gasteiger partial charge in [-0.15, -0.1) is 0 Å². The van der Waals surface area contributed by atoms with Crippen molar-refractivity contribution in [3.8, 4) is 0 Å². The van der Waals surface area contributed by atoms with E-state index in [0.29, 0.717) is 12.5 Å². The highest BCUT2D eigenvalue weighted by atomic mass is 79.9. The summed E-state index contributed by atoms with van der Waals surface area (Å²) < 4.78 is 1.92. The standard InChI is InChI=1S/C14H13Br2N3/c15-11-6-7-12(16)13(8-11)19-14(17)18-9-10-4-2-1-3-5-10/h1-8H,9H2,(H3,17,18,19). The molecule has 0 saturated heterocycles. The Balaban J connectivity index is 2.04. The lowest BCUT2D eigenvalue weighted by atomic mass is 10.2. The molecule has 0 atom stereocenters. The maximum Gasteiger partial charge on any atom is 0.193 e. The lowest BCUT2D eigenvalue weighted by Gasteiger charge is -2.08. The zero-order valence-corrected chi connectivity index (χ0v) is 13.3. The smallest absolute Gasteiger partial charge is 0.193 e. The molecule has 0 fully saturated rings. The second kappa shape index (κ2) is 6.73. The molecule has 0 saturated carbocycles. The van der Waals surface area contributed by atoms with Gasteiger partial charge in [0.1, 0.15) is 0 Å². The Bertz CT molecular complexity index is 582. The van der Waals surface area contributed by atoms with Crippen LogP contribution in [0.2, 0.25) is 0 Å². The number of nitrogens with zero attached hydrogens (tertiary/aromatic N) is 1. The maximum absolute atomic E-state index is 5.88. The summed E-state index contributed by atoms with van der Waals surface area (Å²) >= 11 is 6.88. The van der Waals surface area contributed by atoms with E-state index in [9.17, 15) is 0 Å². The van der Waals surface area contributed by atoms with Crippen LogP contribution < -0.4 is 11.1 Å². The van der Waals surface area contributed by atoms with Gasteiger partial charge in [-0.05, 0) is 39.7 Å². The minimum absolute atomic E-state index is 0.391. The number of nitrogens with two attached hydrogens (primary N) is 1. The number of anilines is 1. The topological polar surface area (TPSA) is 50.4 Å². The molecular weight excluding hydrogens is 370 g/mol. The Morgan fingerprint density at radius 1 is 1.11 bits per heavy atom. The van der Waals surface area contributed by atoms with Crippen molar-refractivity contribution in [1.29, 1.82) is 0 Å². The molecule has 3 N–H and O–H groups in total. The fourth-order valence-electron chi connectivity index (χ4n) is 1.53. The van der Waals surface area contributed by atoms with Gasteiger partial charge in [0.05, 0.1) is 12.2 Å². The molecule has 2 aromatic rings. The summed E-state index contributed by atoms with van der Waals surface area (Å²) in [6.07, 6.45) is 0. The Morgan fingerprint density at radius 3 is 2.58 bits per heavy atom. The van der Waals surface area contributed by atoms with Crippen LogP contribution in [-0.2, 0) is 6.54 Å². The summed E-state index contributed by atoms with van der Waals surface area (Å²) in [5.74, 6) is 0.391. The first kappa shape index (κ1) is 14.1. The van der Waals surface area contributed by atoms with Gasteiger partial charge in [0.15, 0.2) is 5.96 Å². The van der Waals surface area contributed by atoms with Gasteiger partial charge in [0.25, 0.3) is 0 Å². The van der Waals surface area contributed by atoms with E-state index < -0.39 is 0 Å². The molecule has 2 aromatic carbocycles. The SMILES string of the molecule is NC(=NCc1ccccc1)Nc1cc(Br)ccc1Br. The molecule has 0 heterocycles. The van der Waals surface area contributed by atoms with E-state index in [1.807, 2.05) is 48.5 Å². The van der Waals surface area contributed by atoms with Gasteiger partial charge >= 0.3 is 0 Å². The van der Waals surface area contributed by atoms with E-state index >= 15 is 0 Å². The quantitative estimate of drug-likeness (QED) is 0.619. The monoisotopic (exact) mass is 381 g/mol. The van der Waals surface area contributed by atoms with E-state index in [1.165, 1.54) is 0 Å². The van der Waals surface area contributed by atoms with Crippen molar-refractivity contribution in [3.63, 3.8) is 0 Å². The second-order valence-corrected chi connectivity index (χ2v) is 5.71. The Labute approximate surface area is 129 Å². The highest BCUT2D eigenvalue weighted by Gasteiger charge is 2.01. The van der Waals surface area contributed by atoms with Crippen molar-refractivity contribution in [2.24, 2.45) is 10.7 Å². The van der Waals surface area contributed by atoms with Crippen LogP contribution in [0.3, 0.4) is 0 Å². The number of guanidine groups is 1. The van der Waals surface area contributed by atoms with Gasteiger partial charge < -0.3 is 11.1 Å². The molecular formula is C14H13Br2N3. The number of halogens is 2. The number of rotatable bonds is 3. The predicted octanol–water partition coefficient (Wildman–Crippen LogP) is 4.14. The zero-order chi connectivity index (χ0) is 13.7. The predicted molar refractivity (Wildman–Crippen MR) is 87.2 cm³/mol. The molecule has 0 spiro atoms. The highest BCUT2D eigenvalue weighted by molar-refractivity contribution is 9.11. The van der Waals surface area contributed by atoms with Gasteiger partial charge in [-0.25, -0.2) is 4.99 Å². The molecule has 0 aliphatic carbocycles. The lowest BCUT2D eigenvalue weighted by molar-refractivity contribution is 1.06. The van der Waals surface area contributed by atoms with Gasteiger partial charge in [-0.2, -0.15) is 0 Å². The Kier molecular flexibility index (Phi) is 4.99. The molecule has 0 aromatic heterocycles. The van der Waals surface area contributed by atoms with Gasteiger partial charge in [0, 0.05) is 8.95 Å². The van der Waals surface area contributed by atoms with Crippen molar-refractivity contribution >= 4 is 43.5 Å². The van der Waals surface area contributed by atoms with E-state index in [0.717, 1.165) is 20.2 Å². The molecule has 3 nitrogen and oxygen atoms in total. The third-order valence-electron chi connectivity index (χ3n) is 2.47. The van der Waals surface area contributed by atoms with Gasteiger partial charge in [-0.3, -0.25) is 0 Å². The van der Waals surface area contributed by atoms with Gasteiger partial charge in [-0.1, -0.05) is 46.3 Å². The fraction of sp³-hybridized carbons (Fsp3) is 0.0714. The summed E-state index contributed by atoms with van der Waals surface area (Å²) in [5, 5.41) is 3.07. The number of nitrogens with one attached hydrogen (secondary N) is 1. The molecule has 0 aliphatic rings. The molecule has 0 bridgehead atoms. The van der Waals surface area contributed by atoms with Crippen LogP contribution in [0.15, 0.2) is 62.5 Å². The molecule has 0 amide bonds. The molecule has 0 unspecified atom stereocenters. The zero-order valence-electron chi connectivity index (χ0n) is 10.1. The number of benzene rings is 2. The van der Waals surface area contributed by atoms with Crippen LogP contribution in [0.25, 0.3) is 0 Å². The van der Waals surface area contributed by atoms with E-state index in [-0.39, 0.29) is 0 Å². The summed E-state index contributed by atoms with van der Waals surface area (Å²) in [6, 6.07) is 15.8. The molecule has 0 radical (unpaired) electrons. The summed E-state index contributed by atoms with van der Waals surface area (Å²) in [7, 11) is 0. The molecule has 5 heteroatoms. The summed E-state index contributed by atoms with van der Waals surface area (Å²) in [4.78, 5) is 4.31. The number of hydrogen-bond donors (Lipinski definition) is 2. The first-order chi connectivity index (χ1) is 9.15. The maximum atomic E-state index is 5.88. The van der Waals surface area contributed by atoms with Crippen molar-refractivity contribution in [2.45, 2.75) is 6.54 Å². The minimum Gasteiger partial charge on any atom is -0.370 e. The Morgan fingerprint density at radius 2 is 1.84 bits per heavy atom. The van der Waals surface area contributed by atoms with Crippen LogP contribution >= 0.6 is 31.9 Å². The van der Waals surface area contributed by atoms with E-state index in [1.54, 1.807) is 0 Å². The molecule has 19 heavy (non-hydrogen) atoms. The van der Waals surface area contributed by atoms with Crippen LogP contribution in [-0.4, -0.2) is 5.96 Å². The third-order valence-corrected chi connectivity index (χ3v) is 3.65. The lowest BCUT2D eigenvalue weighted by Crippen LogP contribution is -2.22. The number of aliphatic imine (C=N–C) groups is 1. The average molecular weight is 383 g/mol. The minimum atomic E-state index is 0.391. The summed E-state index contributed by atoms with van der Waals surface area (Å²) in [6.45, 7) is 0.561. The van der Waals surface area contributed by atoms with Crippen LogP contribution in [0.4, 0.5) is 5.69 Å².